The first-order chi connectivity index (χ1) is 13.6. The number of nitrogens with one attached hydrogen (secondary N) is 1. The van der Waals surface area contributed by atoms with Crippen molar-refractivity contribution in [2.75, 3.05) is 12.3 Å². The van der Waals surface area contributed by atoms with Crippen LogP contribution < -0.4 is 0 Å². The molecule has 4 unspecified atom stereocenters. The number of carbonyl (C=O) groups is 1. The molecular weight excluding hydrogens is 374 g/mol. The number of aromatic nitrogens is 4. The number of aromatic amines is 1. The first-order valence-corrected chi connectivity index (χ1v) is 10.8. The van der Waals surface area contributed by atoms with Gasteiger partial charge in [-0.1, -0.05) is 6.08 Å². The Morgan fingerprint density at radius 3 is 3.04 bits per heavy atom. The van der Waals surface area contributed by atoms with Crippen molar-refractivity contribution in [3.8, 4) is 0 Å². The molecule has 2 aromatic rings. The van der Waals surface area contributed by atoms with Gasteiger partial charge < -0.3 is 10.0 Å². The summed E-state index contributed by atoms with van der Waals surface area (Å²) >= 11 is 1.71. The lowest BCUT2D eigenvalue weighted by atomic mass is 9.90. The van der Waals surface area contributed by atoms with E-state index in [1.54, 1.807) is 36.5 Å². The highest BCUT2D eigenvalue weighted by Gasteiger charge is 2.51. The second-order valence-electron chi connectivity index (χ2n) is 7.97. The lowest BCUT2D eigenvalue weighted by Crippen LogP contribution is -2.48. The predicted octanol–water partition coefficient (Wildman–Crippen LogP) is 2.19. The van der Waals surface area contributed by atoms with Crippen molar-refractivity contribution >= 4 is 22.6 Å². The van der Waals surface area contributed by atoms with Gasteiger partial charge in [0.05, 0.1) is 24.0 Å². The Balaban J connectivity index is 1.35. The number of hydrogen-bond acceptors (Lipinski definition) is 6. The minimum Gasteiger partial charge on any atom is -0.383 e. The van der Waals surface area contributed by atoms with Gasteiger partial charge in [-0.2, -0.15) is 5.10 Å². The van der Waals surface area contributed by atoms with E-state index in [-0.39, 0.29) is 17.9 Å². The molecule has 4 atom stereocenters. The van der Waals surface area contributed by atoms with Crippen LogP contribution in [0.2, 0.25) is 0 Å². The fourth-order valence-electron chi connectivity index (χ4n) is 4.92. The molecule has 0 aromatic carbocycles. The topological polar surface area (TPSA) is 95.0 Å². The van der Waals surface area contributed by atoms with Gasteiger partial charge in [0, 0.05) is 53.8 Å². The summed E-state index contributed by atoms with van der Waals surface area (Å²) in [7, 11) is 0. The number of piperidine rings is 1. The summed E-state index contributed by atoms with van der Waals surface area (Å²) in [5.41, 5.74) is 0.666. The molecule has 1 saturated heterocycles. The molecule has 2 aliphatic heterocycles. The molecule has 1 amide bonds. The van der Waals surface area contributed by atoms with Crippen molar-refractivity contribution in [3.63, 3.8) is 0 Å². The quantitative estimate of drug-likeness (QED) is 0.824. The molecule has 0 spiro atoms. The zero-order chi connectivity index (χ0) is 19.1. The maximum atomic E-state index is 13.3. The van der Waals surface area contributed by atoms with E-state index in [1.165, 1.54) is 0 Å². The highest BCUT2D eigenvalue weighted by Crippen LogP contribution is 2.48. The third-order valence-corrected chi connectivity index (χ3v) is 7.47. The largest absolute Gasteiger partial charge is 0.383 e. The fraction of sp³-hybridized carbons (Fsp3) is 0.500. The van der Waals surface area contributed by atoms with Crippen LogP contribution in [0.15, 0.2) is 37.1 Å². The Hall–Kier alpha value is -2.19. The standard InChI is InChI=1S/C20H23N5O2S/c26-19(14-6-17(28-12-14)15-9-23-24-10-15)25-5-1-2-13-7-20(27,8-16(13)25)18-11-21-3-4-22-18/h3-4,6,9-11,13-14,16,27H,1-2,5,7-8,12H2,(H,23,24). The van der Waals surface area contributed by atoms with E-state index in [4.69, 9.17) is 0 Å². The molecule has 5 rings (SSSR count). The number of aliphatic hydroxyl groups is 1. The number of amides is 1. The second kappa shape index (κ2) is 7.00. The number of H-pyrrole nitrogens is 1. The van der Waals surface area contributed by atoms with Gasteiger partial charge in [-0.25, -0.2) is 0 Å². The number of rotatable bonds is 3. The number of thioether (sulfide) groups is 1. The number of nitrogens with zero attached hydrogens (tertiary/aromatic N) is 4. The maximum Gasteiger partial charge on any atom is 0.230 e. The zero-order valence-corrected chi connectivity index (χ0v) is 16.3. The van der Waals surface area contributed by atoms with Crippen molar-refractivity contribution < 1.29 is 9.90 Å². The highest BCUT2D eigenvalue weighted by atomic mass is 32.2. The molecule has 4 heterocycles. The van der Waals surface area contributed by atoms with E-state index in [1.807, 2.05) is 11.1 Å². The lowest BCUT2D eigenvalue weighted by Gasteiger charge is -2.38. The summed E-state index contributed by atoms with van der Waals surface area (Å²) in [5.74, 6) is 1.15. The number of hydrogen-bond donors (Lipinski definition) is 2. The zero-order valence-electron chi connectivity index (χ0n) is 15.5. The van der Waals surface area contributed by atoms with Crippen LogP contribution in [0.1, 0.15) is 36.9 Å². The van der Waals surface area contributed by atoms with Gasteiger partial charge >= 0.3 is 0 Å². The van der Waals surface area contributed by atoms with Crippen LogP contribution in [0.25, 0.3) is 4.91 Å². The molecule has 1 aliphatic carbocycles. The monoisotopic (exact) mass is 397 g/mol. The van der Waals surface area contributed by atoms with Gasteiger partial charge in [0.15, 0.2) is 0 Å². The highest BCUT2D eigenvalue weighted by molar-refractivity contribution is 8.08. The number of carbonyl (C=O) groups excluding carboxylic acids is 1. The van der Waals surface area contributed by atoms with E-state index in [0.29, 0.717) is 24.5 Å². The van der Waals surface area contributed by atoms with Gasteiger partial charge in [0.25, 0.3) is 0 Å². The SMILES string of the molecule is O=C(C1C=C(c2cn[nH]c2)SC1)N1CCCC2CC(O)(c3cnccn3)CC21. The van der Waals surface area contributed by atoms with Crippen LogP contribution in [-0.4, -0.2) is 54.4 Å². The molecule has 28 heavy (non-hydrogen) atoms. The van der Waals surface area contributed by atoms with Crippen LogP contribution in [0.4, 0.5) is 0 Å². The minimum atomic E-state index is -0.991. The Bertz CT molecular complexity index is 887. The van der Waals surface area contributed by atoms with E-state index in [0.717, 1.165) is 35.6 Å². The first kappa shape index (κ1) is 17.9. The summed E-state index contributed by atoms with van der Waals surface area (Å²) < 4.78 is 0. The summed E-state index contributed by atoms with van der Waals surface area (Å²) in [4.78, 5) is 24.9. The van der Waals surface area contributed by atoms with Gasteiger partial charge in [-0.15, -0.1) is 11.8 Å². The second-order valence-corrected chi connectivity index (χ2v) is 9.03. The molecule has 0 bridgehead atoms. The van der Waals surface area contributed by atoms with Crippen LogP contribution >= 0.6 is 11.8 Å². The molecule has 2 aromatic heterocycles. The Labute approximate surface area is 167 Å². The van der Waals surface area contributed by atoms with Gasteiger partial charge in [-0.3, -0.25) is 19.9 Å². The third kappa shape index (κ3) is 3.04. The van der Waals surface area contributed by atoms with E-state index >= 15 is 0 Å². The average Bonchev–Trinajstić information content (AvgIpc) is 3.46. The molecule has 146 valence electrons. The van der Waals surface area contributed by atoms with E-state index in [9.17, 15) is 9.90 Å². The first-order valence-electron chi connectivity index (χ1n) is 9.77. The molecule has 2 N–H and O–H groups in total. The van der Waals surface area contributed by atoms with Gasteiger partial charge in [0.1, 0.15) is 5.60 Å². The smallest absolute Gasteiger partial charge is 0.230 e. The number of likely N-dealkylation sites (tertiary alicyclic amines) is 1. The van der Waals surface area contributed by atoms with Crippen molar-refractivity contribution in [1.29, 1.82) is 0 Å². The third-order valence-electron chi connectivity index (χ3n) is 6.26. The molecule has 8 heteroatoms. The molecule has 7 nitrogen and oxygen atoms in total. The van der Waals surface area contributed by atoms with Crippen molar-refractivity contribution in [3.05, 3.63) is 48.3 Å². The average molecular weight is 398 g/mol. The molecule has 0 radical (unpaired) electrons. The molecular formula is C20H23N5O2S. The van der Waals surface area contributed by atoms with Crippen molar-refractivity contribution in [1.82, 2.24) is 25.1 Å². The normalized spacial score (nSPS) is 32.2. The van der Waals surface area contributed by atoms with E-state index in [2.05, 4.69) is 26.2 Å². The lowest BCUT2D eigenvalue weighted by molar-refractivity contribution is -0.138. The van der Waals surface area contributed by atoms with Crippen LogP contribution in [0, 0.1) is 11.8 Å². The Morgan fingerprint density at radius 2 is 2.25 bits per heavy atom. The van der Waals surface area contributed by atoms with Crippen LogP contribution in [0.3, 0.4) is 0 Å². The molecule has 3 aliphatic rings. The van der Waals surface area contributed by atoms with Crippen molar-refractivity contribution in [2.24, 2.45) is 11.8 Å². The summed E-state index contributed by atoms with van der Waals surface area (Å²) in [6, 6.07) is 0.0737. The predicted molar refractivity (Wildman–Crippen MR) is 106 cm³/mol. The van der Waals surface area contributed by atoms with Gasteiger partial charge in [0.2, 0.25) is 5.91 Å². The summed E-state index contributed by atoms with van der Waals surface area (Å²) in [6.45, 7) is 0.770. The van der Waals surface area contributed by atoms with Gasteiger partial charge in [-0.05, 0) is 25.2 Å². The number of fused-ring (bicyclic) bond motifs is 1. The fourth-order valence-corrected chi connectivity index (χ4v) is 6.05. The van der Waals surface area contributed by atoms with Crippen molar-refractivity contribution in [2.45, 2.75) is 37.3 Å². The maximum absolute atomic E-state index is 13.3. The Morgan fingerprint density at radius 1 is 1.32 bits per heavy atom. The molecule has 2 fully saturated rings. The van der Waals surface area contributed by atoms with Crippen LogP contribution in [-0.2, 0) is 10.4 Å². The molecule has 1 saturated carbocycles. The minimum absolute atomic E-state index is 0.0737. The van der Waals surface area contributed by atoms with Crippen LogP contribution in [0.5, 0.6) is 0 Å². The summed E-state index contributed by atoms with van der Waals surface area (Å²) in [6.07, 6.45) is 13.8. The summed E-state index contributed by atoms with van der Waals surface area (Å²) in [5, 5.41) is 18.1. The Kier molecular flexibility index (Phi) is 4.47. The van der Waals surface area contributed by atoms with E-state index < -0.39 is 5.60 Å².